The minimum Gasteiger partial charge on any atom is -0.386 e. The fourth-order valence-electron chi connectivity index (χ4n) is 2.08. The van der Waals surface area contributed by atoms with Gasteiger partial charge in [-0.05, 0) is 18.2 Å². The third-order valence-corrected chi connectivity index (χ3v) is 3.90. The summed E-state index contributed by atoms with van der Waals surface area (Å²) in [6.07, 6.45) is -0.916. The van der Waals surface area contributed by atoms with Gasteiger partial charge in [0.2, 0.25) is 0 Å². The molecule has 0 fully saturated rings. The van der Waals surface area contributed by atoms with E-state index in [1.165, 1.54) is 6.07 Å². The maximum atomic E-state index is 13.6. The molecule has 2 rings (SSSR count). The summed E-state index contributed by atoms with van der Waals surface area (Å²) in [4.78, 5) is 0. The predicted molar refractivity (Wildman–Crippen MR) is 84.7 cm³/mol. The fraction of sp³-hybridized carbons (Fsp3) is 0.250. The molecule has 0 aliphatic heterocycles. The van der Waals surface area contributed by atoms with Crippen LogP contribution < -0.4 is 5.32 Å². The van der Waals surface area contributed by atoms with E-state index in [1.807, 2.05) is 18.2 Å². The highest BCUT2D eigenvalue weighted by Gasteiger charge is 2.13. The molecule has 112 valence electrons. The van der Waals surface area contributed by atoms with Gasteiger partial charge >= 0.3 is 0 Å². The van der Waals surface area contributed by atoms with Crippen LogP contribution in [0.2, 0.25) is 0 Å². The van der Waals surface area contributed by atoms with E-state index in [0.717, 1.165) is 15.7 Å². The van der Waals surface area contributed by atoms with Gasteiger partial charge in [-0.15, -0.1) is 0 Å². The molecule has 0 bridgehead atoms. The van der Waals surface area contributed by atoms with Gasteiger partial charge < -0.3 is 15.2 Å². The van der Waals surface area contributed by atoms with E-state index < -0.39 is 11.9 Å². The third kappa shape index (κ3) is 4.03. The first kappa shape index (κ1) is 15.9. The number of nitrogens with one attached hydrogen (secondary N) is 1. The minimum absolute atomic E-state index is 0.216. The van der Waals surface area contributed by atoms with E-state index in [4.69, 9.17) is 4.74 Å². The van der Waals surface area contributed by atoms with Crippen LogP contribution in [0.5, 0.6) is 0 Å². The molecule has 0 aliphatic rings. The van der Waals surface area contributed by atoms with Crippen molar-refractivity contribution < 1.29 is 14.2 Å². The number of aliphatic hydroxyl groups is 1. The highest BCUT2D eigenvalue weighted by atomic mass is 79.9. The maximum absolute atomic E-state index is 13.6. The molecule has 3 nitrogen and oxygen atoms in total. The standard InChI is InChI=1S/C16H17BrFNO2/c1-21-10-12-13(17)6-4-8-15(12)19-9-16(20)11-5-2-3-7-14(11)18/h2-8,16,19-20H,9-10H2,1H3. The Bertz CT molecular complexity index is 607. The first-order chi connectivity index (χ1) is 10.1. The highest BCUT2D eigenvalue weighted by Crippen LogP contribution is 2.26. The smallest absolute Gasteiger partial charge is 0.129 e. The Hall–Kier alpha value is -1.43. The van der Waals surface area contributed by atoms with Crippen LogP contribution >= 0.6 is 15.9 Å². The molecule has 2 aromatic rings. The zero-order valence-electron chi connectivity index (χ0n) is 11.6. The van der Waals surface area contributed by atoms with Crippen molar-refractivity contribution in [2.24, 2.45) is 0 Å². The molecule has 0 saturated heterocycles. The lowest BCUT2D eigenvalue weighted by Gasteiger charge is -2.17. The second-order valence-electron chi connectivity index (χ2n) is 4.62. The van der Waals surface area contributed by atoms with Crippen molar-refractivity contribution in [3.63, 3.8) is 0 Å². The number of hydrogen-bond acceptors (Lipinski definition) is 3. The zero-order chi connectivity index (χ0) is 15.2. The zero-order valence-corrected chi connectivity index (χ0v) is 13.2. The van der Waals surface area contributed by atoms with Gasteiger partial charge in [0.1, 0.15) is 5.82 Å². The Morgan fingerprint density at radius 2 is 2.00 bits per heavy atom. The molecule has 2 aromatic carbocycles. The van der Waals surface area contributed by atoms with Gasteiger partial charge in [-0.1, -0.05) is 40.2 Å². The Morgan fingerprint density at radius 1 is 1.24 bits per heavy atom. The summed E-state index contributed by atoms with van der Waals surface area (Å²) in [5.74, 6) is -0.404. The number of methoxy groups -OCH3 is 1. The number of rotatable bonds is 6. The van der Waals surface area contributed by atoms with Gasteiger partial charge in [0.15, 0.2) is 0 Å². The number of hydrogen-bond donors (Lipinski definition) is 2. The van der Waals surface area contributed by atoms with E-state index in [1.54, 1.807) is 25.3 Å². The van der Waals surface area contributed by atoms with Crippen LogP contribution in [0.3, 0.4) is 0 Å². The van der Waals surface area contributed by atoms with E-state index in [0.29, 0.717) is 6.61 Å². The molecule has 5 heteroatoms. The van der Waals surface area contributed by atoms with E-state index in [2.05, 4.69) is 21.2 Å². The minimum atomic E-state index is -0.916. The third-order valence-electron chi connectivity index (χ3n) is 3.16. The summed E-state index contributed by atoms with van der Waals surface area (Å²) in [7, 11) is 1.62. The molecular formula is C16H17BrFNO2. The van der Waals surface area contributed by atoms with Crippen molar-refractivity contribution in [1.82, 2.24) is 0 Å². The second-order valence-corrected chi connectivity index (χ2v) is 5.47. The SMILES string of the molecule is COCc1c(Br)cccc1NCC(O)c1ccccc1F. The predicted octanol–water partition coefficient (Wildman–Crippen LogP) is 3.88. The van der Waals surface area contributed by atoms with Crippen LogP contribution in [0, 0.1) is 5.82 Å². The lowest BCUT2D eigenvalue weighted by atomic mass is 10.1. The average Bonchev–Trinajstić information content (AvgIpc) is 2.48. The molecular weight excluding hydrogens is 337 g/mol. The van der Waals surface area contributed by atoms with Crippen molar-refractivity contribution in [1.29, 1.82) is 0 Å². The summed E-state index contributed by atoms with van der Waals surface area (Å²) in [6.45, 7) is 0.660. The van der Waals surface area contributed by atoms with Crippen molar-refractivity contribution >= 4 is 21.6 Å². The summed E-state index contributed by atoms with van der Waals surface area (Å²) in [5, 5.41) is 13.2. The molecule has 0 amide bonds. The lowest BCUT2D eigenvalue weighted by Crippen LogP contribution is -2.14. The summed E-state index contributed by atoms with van der Waals surface area (Å²) >= 11 is 3.47. The number of ether oxygens (including phenoxy) is 1. The summed E-state index contributed by atoms with van der Waals surface area (Å²) < 4.78 is 19.7. The molecule has 0 radical (unpaired) electrons. The molecule has 21 heavy (non-hydrogen) atoms. The number of benzene rings is 2. The quantitative estimate of drug-likeness (QED) is 0.827. The molecule has 1 atom stereocenters. The Balaban J connectivity index is 2.10. The van der Waals surface area contributed by atoms with Crippen LogP contribution in [0.15, 0.2) is 46.9 Å². The largest absolute Gasteiger partial charge is 0.386 e. The monoisotopic (exact) mass is 353 g/mol. The number of halogens is 2. The first-order valence-corrected chi connectivity index (χ1v) is 7.35. The van der Waals surface area contributed by atoms with Gasteiger partial charge in [0, 0.05) is 34.9 Å². The van der Waals surface area contributed by atoms with Crippen LogP contribution in [-0.4, -0.2) is 18.8 Å². The molecule has 0 spiro atoms. The Labute approximate surface area is 131 Å². The van der Waals surface area contributed by atoms with Gasteiger partial charge in [0.05, 0.1) is 12.7 Å². The number of anilines is 1. The fourth-order valence-corrected chi connectivity index (χ4v) is 2.56. The topological polar surface area (TPSA) is 41.5 Å². The summed E-state index contributed by atoms with van der Waals surface area (Å²) in [5.41, 5.74) is 2.09. The van der Waals surface area contributed by atoms with E-state index in [9.17, 15) is 9.50 Å². The van der Waals surface area contributed by atoms with E-state index in [-0.39, 0.29) is 12.1 Å². The van der Waals surface area contributed by atoms with Crippen LogP contribution in [0.1, 0.15) is 17.2 Å². The van der Waals surface area contributed by atoms with Gasteiger partial charge in [-0.3, -0.25) is 0 Å². The van der Waals surface area contributed by atoms with Gasteiger partial charge in [-0.25, -0.2) is 4.39 Å². The second kappa shape index (κ2) is 7.54. The van der Waals surface area contributed by atoms with Crippen LogP contribution in [-0.2, 0) is 11.3 Å². The molecule has 0 aliphatic carbocycles. The van der Waals surface area contributed by atoms with Crippen molar-refractivity contribution in [3.8, 4) is 0 Å². The van der Waals surface area contributed by atoms with Crippen LogP contribution in [0.25, 0.3) is 0 Å². The average molecular weight is 354 g/mol. The molecule has 0 aromatic heterocycles. The maximum Gasteiger partial charge on any atom is 0.129 e. The summed E-state index contributed by atoms with van der Waals surface area (Å²) in [6, 6.07) is 11.9. The number of aliphatic hydroxyl groups excluding tert-OH is 1. The van der Waals surface area contributed by atoms with Gasteiger partial charge in [-0.2, -0.15) is 0 Å². The van der Waals surface area contributed by atoms with E-state index >= 15 is 0 Å². The molecule has 1 unspecified atom stereocenters. The highest BCUT2D eigenvalue weighted by molar-refractivity contribution is 9.10. The van der Waals surface area contributed by atoms with Crippen molar-refractivity contribution in [3.05, 3.63) is 63.9 Å². The van der Waals surface area contributed by atoms with Crippen LogP contribution in [0.4, 0.5) is 10.1 Å². The molecule has 2 N–H and O–H groups in total. The lowest BCUT2D eigenvalue weighted by molar-refractivity contribution is 0.182. The molecule has 0 heterocycles. The van der Waals surface area contributed by atoms with Crippen molar-refractivity contribution in [2.45, 2.75) is 12.7 Å². The Morgan fingerprint density at radius 3 is 2.71 bits per heavy atom. The van der Waals surface area contributed by atoms with Crippen molar-refractivity contribution in [2.75, 3.05) is 19.0 Å². The first-order valence-electron chi connectivity index (χ1n) is 6.56. The van der Waals surface area contributed by atoms with Gasteiger partial charge in [0.25, 0.3) is 0 Å². The Kier molecular flexibility index (Phi) is 5.73. The normalized spacial score (nSPS) is 12.2. The molecule has 0 saturated carbocycles.